The summed E-state index contributed by atoms with van der Waals surface area (Å²) in [5, 5.41) is -0.110. The molecule has 2 N–H and O–H groups in total. The fraction of sp³-hybridized carbons (Fsp3) is 0.167. The molecule has 0 atom stereocenters. The minimum atomic E-state index is -3.41. The molecule has 0 amide bonds. The summed E-state index contributed by atoms with van der Waals surface area (Å²) in [6.45, 7) is 0. The van der Waals surface area contributed by atoms with Crippen LogP contribution in [0, 0.1) is 0 Å². The molecule has 0 spiro atoms. The molecule has 2 heterocycles. The van der Waals surface area contributed by atoms with Gasteiger partial charge in [0.05, 0.1) is 5.51 Å². The molecule has 6 nitrogen and oxygen atoms in total. The van der Waals surface area contributed by atoms with Crippen LogP contribution in [0.15, 0.2) is 10.5 Å². The zero-order chi connectivity index (χ0) is 10.3. The van der Waals surface area contributed by atoms with E-state index < -0.39 is 9.84 Å². The number of anilines is 1. The lowest BCUT2D eigenvalue weighted by Crippen LogP contribution is -2.05. The Balaban J connectivity index is 2.94. The topological polar surface area (TPSA) is 98.8 Å². The number of nitrogen functional groups attached to an aromatic ring is 1. The molecular weight excluding hydrogens is 224 g/mol. The average Bonchev–Trinajstić information content (AvgIpc) is 2.47. The minimum Gasteiger partial charge on any atom is -0.368 e. The number of hydrogen-bond donors (Lipinski definition) is 1. The molecule has 2 aromatic heterocycles. The second-order valence-electron chi connectivity index (χ2n) is 2.67. The standard InChI is InChI=1S/C6H6N4O2S2/c1-14(11,12)5-3-4(13-2-8-3)9-6(7)10-5/h2H,1H3,(H2,7,9,10). The Morgan fingerprint density at radius 2 is 2.14 bits per heavy atom. The van der Waals surface area contributed by atoms with Crippen LogP contribution >= 0.6 is 11.3 Å². The first kappa shape index (κ1) is 9.28. The van der Waals surface area contributed by atoms with Crippen molar-refractivity contribution in [3.8, 4) is 0 Å². The maximum absolute atomic E-state index is 11.3. The highest BCUT2D eigenvalue weighted by Crippen LogP contribution is 2.22. The van der Waals surface area contributed by atoms with Crippen LogP contribution in [-0.2, 0) is 9.84 Å². The zero-order valence-corrected chi connectivity index (χ0v) is 8.76. The van der Waals surface area contributed by atoms with Crippen LogP contribution in [0.25, 0.3) is 10.3 Å². The molecule has 0 aliphatic carbocycles. The smallest absolute Gasteiger partial charge is 0.222 e. The number of rotatable bonds is 1. The molecule has 0 unspecified atom stereocenters. The molecule has 74 valence electrons. The molecule has 0 saturated heterocycles. The summed E-state index contributed by atoms with van der Waals surface area (Å²) in [6.07, 6.45) is 1.06. The Hall–Kier alpha value is -1.28. The first-order chi connectivity index (χ1) is 6.48. The fourth-order valence-electron chi connectivity index (χ4n) is 1.01. The molecule has 8 heteroatoms. The van der Waals surface area contributed by atoms with Crippen molar-refractivity contribution in [2.24, 2.45) is 0 Å². The average molecular weight is 230 g/mol. The van der Waals surface area contributed by atoms with Gasteiger partial charge in [0.1, 0.15) is 10.3 Å². The van der Waals surface area contributed by atoms with Gasteiger partial charge in [-0.1, -0.05) is 0 Å². The van der Waals surface area contributed by atoms with Crippen molar-refractivity contribution in [1.29, 1.82) is 0 Å². The molecule has 0 saturated carbocycles. The normalized spacial score (nSPS) is 12.1. The molecule has 0 radical (unpaired) electrons. The highest BCUT2D eigenvalue weighted by Gasteiger charge is 2.17. The van der Waals surface area contributed by atoms with E-state index >= 15 is 0 Å². The Kier molecular flexibility index (Phi) is 1.89. The summed E-state index contributed by atoms with van der Waals surface area (Å²) in [7, 11) is -3.41. The van der Waals surface area contributed by atoms with E-state index in [4.69, 9.17) is 5.73 Å². The third-order valence-electron chi connectivity index (χ3n) is 1.53. The lowest BCUT2D eigenvalue weighted by Gasteiger charge is -1.98. The van der Waals surface area contributed by atoms with Gasteiger partial charge in [-0.3, -0.25) is 0 Å². The van der Waals surface area contributed by atoms with Crippen LogP contribution in [0.5, 0.6) is 0 Å². The molecule has 0 aliphatic rings. The Bertz CT molecular complexity index is 589. The third kappa shape index (κ3) is 1.42. The molecule has 0 bridgehead atoms. The van der Waals surface area contributed by atoms with Crippen molar-refractivity contribution in [3.05, 3.63) is 5.51 Å². The number of aromatic nitrogens is 3. The summed E-state index contributed by atoms with van der Waals surface area (Å²) in [5.74, 6) is -0.0535. The first-order valence-electron chi connectivity index (χ1n) is 3.55. The van der Waals surface area contributed by atoms with Crippen molar-refractivity contribution >= 4 is 37.5 Å². The molecular formula is C6H6N4O2S2. The summed E-state index contributed by atoms with van der Waals surface area (Å²) in [5.41, 5.74) is 7.16. The predicted molar refractivity (Wildman–Crippen MR) is 52.7 cm³/mol. The van der Waals surface area contributed by atoms with Gasteiger partial charge in [0.25, 0.3) is 0 Å². The van der Waals surface area contributed by atoms with Gasteiger partial charge in [-0.15, -0.1) is 11.3 Å². The lowest BCUT2D eigenvalue weighted by atomic mass is 10.6. The van der Waals surface area contributed by atoms with Gasteiger partial charge < -0.3 is 5.73 Å². The van der Waals surface area contributed by atoms with E-state index in [1.807, 2.05) is 0 Å². The van der Waals surface area contributed by atoms with Gasteiger partial charge in [-0.05, 0) is 0 Å². The van der Waals surface area contributed by atoms with Crippen molar-refractivity contribution in [3.63, 3.8) is 0 Å². The van der Waals surface area contributed by atoms with Crippen LogP contribution in [-0.4, -0.2) is 29.6 Å². The van der Waals surface area contributed by atoms with E-state index in [0.29, 0.717) is 4.83 Å². The van der Waals surface area contributed by atoms with E-state index in [2.05, 4.69) is 15.0 Å². The van der Waals surface area contributed by atoms with Crippen molar-refractivity contribution in [1.82, 2.24) is 15.0 Å². The SMILES string of the molecule is CS(=O)(=O)c1nc(N)nc2scnc12. The van der Waals surface area contributed by atoms with Crippen LogP contribution in [0.1, 0.15) is 0 Å². The maximum Gasteiger partial charge on any atom is 0.222 e. The second kappa shape index (κ2) is 2.85. The van der Waals surface area contributed by atoms with Gasteiger partial charge in [-0.25, -0.2) is 18.4 Å². The van der Waals surface area contributed by atoms with E-state index in [1.54, 1.807) is 0 Å². The highest BCUT2D eigenvalue weighted by atomic mass is 32.2. The number of sulfone groups is 1. The van der Waals surface area contributed by atoms with E-state index in [9.17, 15) is 8.42 Å². The van der Waals surface area contributed by atoms with Gasteiger partial charge in [-0.2, -0.15) is 4.98 Å². The first-order valence-corrected chi connectivity index (χ1v) is 6.32. The van der Waals surface area contributed by atoms with Gasteiger partial charge in [0, 0.05) is 6.26 Å². The number of thiazole rings is 1. The highest BCUT2D eigenvalue weighted by molar-refractivity contribution is 7.90. The molecule has 0 aromatic carbocycles. The minimum absolute atomic E-state index is 0.0535. The van der Waals surface area contributed by atoms with Crippen LogP contribution in [0.4, 0.5) is 5.95 Å². The maximum atomic E-state index is 11.3. The van der Waals surface area contributed by atoms with Gasteiger partial charge >= 0.3 is 0 Å². The lowest BCUT2D eigenvalue weighted by molar-refractivity contribution is 0.599. The molecule has 2 rings (SSSR count). The summed E-state index contributed by atoms with van der Waals surface area (Å²) in [6, 6.07) is 0. The second-order valence-corrected chi connectivity index (χ2v) is 5.43. The van der Waals surface area contributed by atoms with Crippen molar-refractivity contribution in [2.45, 2.75) is 5.03 Å². The van der Waals surface area contributed by atoms with E-state index in [0.717, 1.165) is 6.26 Å². The van der Waals surface area contributed by atoms with Crippen LogP contribution < -0.4 is 5.73 Å². The summed E-state index contributed by atoms with van der Waals surface area (Å²) < 4.78 is 22.6. The van der Waals surface area contributed by atoms with E-state index in [-0.39, 0.29) is 16.5 Å². The van der Waals surface area contributed by atoms with Crippen molar-refractivity contribution in [2.75, 3.05) is 12.0 Å². The summed E-state index contributed by atoms with van der Waals surface area (Å²) in [4.78, 5) is 11.9. The van der Waals surface area contributed by atoms with E-state index in [1.165, 1.54) is 16.8 Å². The van der Waals surface area contributed by atoms with Crippen molar-refractivity contribution < 1.29 is 8.42 Å². The monoisotopic (exact) mass is 230 g/mol. The van der Waals surface area contributed by atoms with Gasteiger partial charge in [0.15, 0.2) is 14.9 Å². The Morgan fingerprint density at radius 1 is 1.43 bits per heavy atom. The fourth-order valence-corrected chi connectivity index (χ4v) is 2.50. The number of nitrogens with two attached hydrogens (primary N) is 1. The molecule has 0 fully saturated rings. The molecule has 2 aromatic rings. The summed E-state index contributed by atoms with van der Waals surface area (Å²) >= 11 is 1.23. The predicted octanol–water partition coefficient (Wildman–Crippen LogP) is 0.0720. The Morgan fingerprint density at radius 3 is 2.79 bits per heavy atom. The largest absolute Gasteiger partial charge is 0.368 e. The van der Waals surface area contributed by atoms with Gasteiger partial charge in [0.2, 0.25) is 5.95 Å². The van der Waals surface area contributed by atoms with Crippen LogP contribution in [0.3, 0.4) is 0 Å². The molecule has 14 heavy (non-hydrogen) atoms. The van der Waals surface area contributed by atoms with Crippen LogP contribution in [0.2, 0.25) is 0 Å². The number of hydrogen-bond acceptors (Lipinski definition) is 7. The Labute approximate surface area is 83.7 Å². The third-order valence-corrected chi connectivity index (χ3v) is 3.24. The quantitative estimate of drug-likeness (QED) is 0.696. The number of fused-ring (bicyclic) bond motifs is 1. The molecule has 0 aliphatic heterocycles. The number of nitrogens with zero attached hydrogens (tertiary/aromatic N) is 3. The zero-order valence-electron chi connectivity index (χ0n) is 7.13.